The lowest BCUT2D eigenvalue weighted by molar-refractivity contribution is 0.0726. The maximum Gasteiger partial charge on any atom is 0.253 e. The number of piperidine rings is 1. The zero-order chi connectivity index (χ0) is 12.3. The molecule has 1 saturated heterocycles. The predicted molar refractivity (Wildman–Crippen MR) is 65.9 cm³/mol. The third-order valence-corrected chi connectivity index (χ3v) is 3.41. The first-order valence-electron chi connectivity index (χ1n) is 5.64. The molecule has 4 heteroatoms. The topological polar surface area (TPSA) is 44.1 Å². The van der Waals surface area contributed by atoms with Crippen LogP contribution in [0.1, 0.15) is 28.8 Å². The number of alkyl halides is 1. The molecule has 0 bridgehead atoms. The van der Waals surface area contributed by atoms with E-state index in [-0.39, 0.29) is 11.3 Å². The lowest BCUT2D eigenvalue weighted by Gasteiger charge is -2.29. The Bertz CT molecular complexity index is 441. The number of rotatable bonds is 1. The summed E-state index contributed by atoms with van der Waals surface area (Å²) in [6.07, 6.45) is 1.70. The van der Waals surface area contributed by atoms with Gasteiger partial charge in [-0.3, -0.25) is 4.79 Å². The zero-order valence-electron chi connectivity index (χ0n) is 9.40. The monoisotopic (exact) mass is 248 g/mol. The lowest BCUT2D eigenvalue weighted by atomic mass is 10.1. The number of hydrogen-bond donors (Lipinski definition) is 0. The summed E-state index contributed by atoms with van der Waals surface area (Å²) in [5.41, 5.74) is 1.21. The molecule has 1 aliphatic heterocycles. The van der Waals surface area contributed by atoms with Crippen LogP contribution in [0.15, 0.2) is 24.3 Å². The van der Waals surface area contributed by atoms with E-state index in [2.05, 4.69) is 0 Å². The van der Waals surface area contributed by atoms with Gasteiger partial charge in [-0.2, -0.15) is 5.26 Å². The molecule has 1 aliphatic rings. The molecule has 1 aromatic rings. The molecule has 0 atom stereocenters. The van der Waals surface area contributed by atoms with Crippen molar-refractivity contribution in [3.8, 4) is 6.07 Å². The highest BCUT2D eigenvalue weighted by Gasteiger charge is 2.22. The molecular weight excluding hydrogens is 236 g/mol. The molecule has 2 rings (SSSR count). The van der Waals surface area contributed by atoms with Crippen molar-refractivity contribution >= 4 is 17.5 Å². The molecular formula is C13H13ClN2O. The van der Waals surface area contributed by atoms with Crippen molar-refractivity contribution < 1.29 is 4.79 Å². The Morgan fingerprint density at radius 2 is 1.88 bits per heavy atom. The van der Waals surface area contributed by atoms with Crippen molar-refractivity contribution in [2.24, 2.45) is 0 Å². The van der Waals surface area contributed by atoms with E-state index >= 15 is 0 Å². The van der Waals surface area contributed by atoms with E-state index in [0.29, 0.717) is 24.2 Å². The van der Waals surface area contributed by atoms with Crippen LogP contribution in [0, 0.1) is 11.3 Å². The van der Waals surface area contributed by atoms with Crippen LogP contribution in [0.3, 0.4) is 0 Å². The number of carbonyl (C=O) groups is 1. The second kappa shape index (κ2) is 5.20. The maximum absolute atomic E-state index is 12.1. The van der Waals surface area contributed by atoms with E-state index in [9.17, 15) is 4.79 Å². The van der Waals surface area contributed by atoms with E-state index in [4.69, 9.17) is 16.9 Å². The molecule has 0 spiro atoms. The minimum Gasteiger partial charge on any atom is -0.339 e. The maximum atomic E-state index is 12.1. The van der Waals surface area contributed by atoms with Gasteiger partial charge in [0, 0.05) is 24.0 Å². The van der Waals surface area contributed by atoms with Gasteiger partial charge in [-0.05, 0) is 37.1 Å². The van der Waals surface area contributed by atoms with Crippen LogP contribution in [0.2, 0.25) is 0 Å². The second-order valence-corrected chi connectivity index (χ2v) is 4.77. The Balaban J connectivity index is 2.06. The van der Waals surface area contributed by atoms with Gasteiger partial charge >= 0.3 is 0 Å². The van der Waals surface area contributed by atoms with Crippen molar-refractivity contribution in [3.05, 3.63) is 35.4 Å². The smallest absolute Gasteiger partial charge is 0.253 e. The summed E-state index contributed by atoms with van der Waals surface area (Å²) in [4.78, 5) is 13.9. The lowest BCUT2D eigenvalue weighted by Crippen LogP contribution is -2.38. The van der Waals surface area contributed by atoms with E-state index in [1.807, 2.05) is 11.0 Å². The summed E-state index contributed by atoms with van der Waals surface area (Å²) in [6, 6.07) is 8.78. The third kappa shape index (κ3) is 2.78. The van der Waals surface area contributed by atoms with Crippen LogP contribution in [-0.4, -0.2) is 29.3 Å². The number of halogens is 1. The zero-order valence-corrected chi connectivity index (χ0v) is 10.2. The normalized spacial score (nSPS) is 16.6. The number of hydrogen-bond acceptors (Lipinski definition) is 2. The first-order chi connectivity index (χ1) is 8.20. The fourth-order valence-corrected chi connectivity index (χ4v) is 2.12. The van der Waals surface area contributed by atoms with Gasteiger partial charge in [0.25, 0.3) is 5.91 Å². The molecule has 0 unspecified atom stereocenters. The van der Waals surface area contributed by atoms with Crippen LogP contribution in [0.5, 0.6) is 0 Å². The van der Waals surface area contributed by atoms with Gasteiger partial charge in [-0.15, -0.1) is 11.6 Å². The van der Waals surface area contributed by atoms with Gasteiger partial charge in [0.15, 0.2) is 0 Å². The highest BCUT2D eigenvalue weighted by atomic mass is 35.5. The standard InChI is InChI=1S/C13H13ClN2O/c14-12-5-7-16(8-6-12)13(17)11-3-1-10(9-15)2-4-11/h1-4,12H,5-8H2. The average molecular weight is 249 g/mol. The second-order valence-electron chi connectivity index (χ2n) is 4.16. The van der Waals surface area contributed by atoms with Crippen molar-refractivity contribution in [1.82, 2.24) is 4.90 Å². The van der Waals surface area contributed by atoms with E-state index in [1.54, 1.807) is 24.3 Å². The first-order valence-corrected chi connectivity index (χ1v) is 6.08. The number of carbonyl (C=O) groups excluding carboxylic acids is 1. The molecule has 0 radical (unpaired) electrons. The number of amides is 1. The van der Waals surface area contributed by atoms with Crippen LogP contribution in [0.25, 0.3) is 0 Å². The summed E-state index contributed by atoms with van der Waals surface area (Å²) in [6.45, 7) is 1.43. The Morgan fingerprint density at radius 1 is 1.29 bits per heavy atom. The molecule has 0 aliphatic carbocycles. The predicted octanol–water partition coefficient (Wildman–Crippen LogP) is 2.40. The fraction of sp³-hybridized carbons (Fsp3) is 0.385. The first kappa shape index (κ1) is 11.9. The molecule has 0 saturated carbocycles. The number of nitrogens with zero attached hydrogens (tertiary/aromatic N) is 2. The molecule has 1 fully saturated rings. The van der Waals surface area contributed by atoms with E-state index < -0.39 is 0 Å². The Morgan fingerprint density at radius 3 is 2.41 bits per heavy atom. The van der Waals surface area contributed by atoms with Crippen LogP contribution in [-0.2, 0) is 0 Å². The molecule has 0 N–H and O–H groups in total. The molecule has 1 heterocycles. The van der Waals surface area contributed by atoms with Crippen LogP contribution >= 0.6 is 11.6 Å². The van der Waals surface area contributed by atoms with Gasteiger partial charge in [-0.1, -0.05) is 0 Å². The minimum absolute atomic E-state index is 0.0260. The number of benzene rings is 1. The van der Waals surface area contributed by atoms with Gasteiger partial charge in [0.2, 0.25) is 0 Å². The highest BCUT2D eigenvalue weighted by Crippen LogP contribution is 2.17. The minimum atomic E-state index is 0.0260. The Hall–Kier alpha value is -1.53. The molecule has 17 heavy (non-hydrogen) atoms. The van der Waals surface area contributed by atoms with Gasteiger partial charge in [-0.25, -0.2) is 0 Å². The summed E-state index contributed by atoms with van der Waals surface area (Å²) < 4.78 is 0. The quantitative estimate of drug-likeness (QED) is 0.717. The number of nitriles is 1. The number of likely N-dealkylation sites (tertiary alicyclic amines) is 1. The van der Waals surface area contributed by atoms with Gasteiger partial charge in [0.1, 0.15) is 0 Å². The molecule has 1 amide bonds. The Labute approximate surface area is 106 Å². The largest absolute Gasteiger partial charge is 0.339 e. The van der Waals surface area contributed by atoms with Gasteiger partial charge in [0.05, 0.1) is 11.6 Å². The molecule has 3 nitrogen and oxygen atoms in total. The average Bonchev–Trinajstić information content (AvgIpc) is 2.39. The van der Waals surface area contributed by atoms with Crippen molar-refractivity contribution in [2.75, 3.05) is 13.1 Å². The van der Waals surface area contributed by atoms with Crippen LogP contribution in [0.4, 0.5) is 0 Å². The van der Waals surface area contributed by atoms with Gasteiger partial charge < -0.3 is 4.90 Å². The highest BCUT2D eigenvalue weighted by molar-refractivity contribution is 6.20. The van der Waals surface area contributed by atoms with Crippen molar-refractivity contribution in [1.29, 1.82) is 5.26 Å². The van der Waals surface area contributed by atoms with Crippen molar-refractivity contribution in [3.63, 3.8) is 0 Å². The summed E-state index contributed by atoms with van der Waals surface area (Å²) in [5.74, 6) is 0.0260. The van der Waals surface area contributed by atoms with Crippen molar-refractivity contribution in [2.45, 2.75) is 18.2 Å². The molecule has 88 valence electrons. The third-order valence-electron chi connectivity index (χ3n) is 2.97. The Kier molecular flexibility index (Phi) is 3.65. The van der Waals surface area contributed by atoms with E-state index in [0.717, 1.165) is 12.8 Å². The summed E-state index contributed by atoms with van der Waals surface area (Å²) in [5, 5.41) is 8.88. The molecule has 0 aromatic heterocycles. The van der Waals surface area contributed by atoms with E-state index in [1.165, 1.54) is 0 Å². The van der Waals surface area contributed by atoms with Crippen LogP contribution < -0.4 is 0 Å². The SMILES string of the molecule is N#Cc1ccc(C(=O)N2CCC(Cl)CC2)cc1. The summed E-state index contributed by atoms with van der Waals surface area (Å²) >= 11 is 6.00. The molecule has 1 aromatic carbocycles. The fourth-order valence-electron chi connectivity index (χ4n) is 1.92. The summed E-state index contributed by atoms with van der Waals surface area (Å²) in [7, 11) is 0.